The molecule has 0 N–H and O–H groups in total. The van der Waals surface area contributed by atoms with E-state index in [4.69, 9.17) is 0 Å². The first-order chi connectivity index (χ1) is 18.0. The van der Waals surface area contributed by atoms with Crippen molar-refractivity contribution >= 4 is 22.7 Å². The smallest absolute Gasteiger partial charge is 0.394 e. The summed E-state index contributed by atoms with van der Waals surface area (Å²) in [5, 5.41) is 0. The van der Waals surface area contributed by atoms with Gasteiger partial charge < -0.3 is 4.28 Å². The molecule has 0 amide bonds. The summed E-state index contributed by atoms with van der Waals surface area (Å²) in [5.41, 5.74) is -8.02. The molecule has 3 aromatic rings. The van der Waals surface area contributed by atoms with Crippen molar-refractivity contribution in [3.05, 3.63) is 87.3 Å². The second-order valence-corrected chi connectivity index (χ2v) is 7.85. The Hall–Kier alpha value is -3.37. The fraction of sp³-hybridized carbons (Fsp3) is 0.182. The van der Waals surface area contributed by atoms with Gasteiger partial charge in [0.25, 0.3) is 0 Å². The lowest BCUT2D eigenvalue weighted by Crippen LogP contribution is -2.78. The highest BCUT2D eigenvalue weighted by Gasteiger charge is 2.58. The molecule has 0 aliphatic heterocycles. The van der Waals surface area contributed by atoms with E-state index in [-0.39, 0.29) is 0 Å². The van der Waals surface area contributed by atoms with Crippen LogP contribution in [0.5, 0.6) is 0 Å². The molecule has 17 heteroatoms. The molecule has 0 saturated heterocycles. The number of halogens is 15. The van der Waals surface area contributed by atoms with Crippen LogP contribution < -0.4 is 16.4 Å². The standard InChI is InChI=1S/C22H10BF15O/c1-3-39(4-2)23(5-8(24)14(30)20(36)15(31)9(5)25,6-10(26)16(32)21(37)17(33)11(6)27)7-12(28)18(34)22(38)19(35)13(7)29/h3-4H2,1-2H3. The first-order valence-corrected chi connectivity index (χ1v) is 10.4. The largest absolute Gasteiger partial charge is 0.660 e. The van der Waals surface area contributed by atoms with Gasteiger partial charge in [0.1, 0.15) is 34.9 Å². The van der Waals surface area contributed by atoms with E-state index >= 15 is 26.3 Å². The molecule has 0 atom stereocenters. The molecule has 0 aromatic heterocycles. The molecule has 0 saturated carbocycles. The SMILES string of the molecule is CC[O+](CC)[B-](c1c(F)c(F)c(F)c(F)c1F)(c1c(F)c(F)c(F)c(F)c1F)c1c(F)c(F)c(F)c(F)c1F. The monoisotopic (exact) mass is 586 g/mol. The maximum Gasteiger partial charge on any atom is 0.394 e. The van der Waals surface area contributed by atoms with Crippen LogP contribution in [0.25, 0.3) is 0 Å². The molecule has 0 aliphatic rings. The van der Waals surface area contributed by atoms with Gasteiger partial charge in [0, 0.05) is 0 Å². The van der Waals surface area contributed by atoms with Crippen molar-refractivity contribution in [2.75, 3.05) is 13.2 Å². The lowest BCUT2D eigenvalue weighted by Gasteiger charge is -2.48. The molecule has 0 unspecified atom stereocenters. The molecule has 0 radical (unpaired) electrons. The van der Waals surface area contributed by atoms with Crippen molar-refractivity contribution in [3.63, 3.8) is 0 Å². The van der Waals surface area contributed by atoms with Crippen molar-refractivity contribution < 1.29 is 70.1 Å². The molecule has 0 aliphatic carbocycles. The van der Waals surface area contributed by atoms with Crippen molar-refractivity contribution in [1.29, 1.82) is 0 Å². The Balaban J connectivity index is 2.96. The van der Waals surface area contributed by atoms with Crippen LogP contribution in [0.4, 0.5) is 65.9 Å². The van der Waals surface area contributed by atoms with Gasteiger partial charge in [-0.1, -0.05) is 0 Å². The fourth-order valence-electron chi connectivity index (χ4n) is 4.57. The van der Waals surface area contributed by atoms with Gasteiger partial charge in [-0.25, -0.2) is 65.9 Å². The summed E-state index contributed by atoms with van der Waals surface area (Å²) in [6.45, 7) is -0.576. The zero-order valence-electron chi connectivity index (χ0n) is 19.1. The molecular formula is C22H10BF15O. The van der Waals surface area contributed by atoms with Crippen LogP contribution in [0, 0.1) is 87.3 Å². The third-order valence-electron chi connectivity index (χ3n) is 6.19. The lowest BCUT2D eigenvalue weighted by molar-refractivity contribution is 0.0207. The Morgan fingerprint density at radius 1 is 0.333 bits per heavy atom. The van der Waals surface area contributed by atoms with Crippen LogP contribution in [0.3, 0.4) is 0 Å². The number of hydrogen-bond donors (Lipinski definition) is 0. The maximum absolute atomic E-state index is 15.2. The topological polar surface area (TPSA) is 2.70 Å². The molecular weight excluding hydrogens is 576 g/mol. The molecule has 0 heterocycles. The average Bonchev–Trinajstić information content (AvgIpc) is 2.91. The minimum absolute atomic E-state index is 0.814. The summed E-state index contributed by atoms with van der Waals surface area (Å²) >= 11 is 0. The van der Waals surface area contributed by atoms with Gasteiger partial charge in [0.05, 0.1) is 13.2 Å². The van der Waals surface area contributed by atoms with E-state index in [1.54, 1.807) is 0 Å². The summed E-state index contributed by atoms with van der Waals surface area (Å²) in [5.74, 6) is -45.4. The third kappa shape index (κ3) is 3.95. The van der Waals surface area contributed by atoms with Gasteiger partial charge in [-0.2, -0.15) is 0 Å². The van der Waals surface area contributed by atoms with Gasteiger partial charge >= 0.3 is 6.35 Å². The summed E-state index contributed by atoms with van der Waals surface area (Å²) in [7, 11) is 0. The van der Waals surface area contributed by atoms with Crippen LogP contribution in [0.15, 0.2) is 0 Å². The fourth-order valence-corrected chi connectivity index (χ4v) is 4.57. The highest BCUT2D eigenvalue weighted by molar-refractivity contribution is 7.07. The molecule has 212 valence electrons. The highest BCUT2D eigenvalue weighted by Crippen LogP contribution is 2.31. The van der Waals surface area contributed by atoms with E-state index in [0.717, 1.165) is 13.8 Å². The Morgan fingerprint density at radius 2 is 0.487 bits per heavy atom. The van der Waals surface area contributed by atoms with Gasteiger partial charge in [-0.15, -0.1) is 0 Å². The zero-order valence-corrected chi connectivity index (χ0v) is 19.1. The van der Waals surface area contributed by atoms with Crippen LogP contribution in [-0.4, -0.2) is 19.6 Å². The van der Waals surface area contributed by atoms with E-state index in [0.29, 0.717) is 0 Å². The quantitative estimate of drug-likeness (QED) is 0.121. The first kappa shape index (κ1) is 30.2. The summed E-state index contributed by atoms with van der Waals surface area (Å²) in [6, 6.07) is 0. The minimum atomic E-state index is -5.73. The minimum Gasteiger partial charge on any atom is -0.660 e. The predicted molar refractivity (Wildman–Crippen MR) is 106 cm³/mol. The van der Waals surface area contributed by atoms with Crippen LogP contribution in [0.1, 0.15) is 13.8 Å². The molecule has 0 bridgehead atoms. The van der Waals surface area contributed by atoms with Crippen LogP contribution >= 0.6 is 0 Å². The van der Waals surface area contributed by atoms with E-state index in [1.807, 2.05) is 0 Å². The van der Waals surface area contributed by atoms with E-state index in [9.17, 15) is 39.5 Å². The van der Waals surface area contributed by atoms with Crippen LogP contribution in [-0.2, 0) is 4.28 Å². The number of benzene rings is 3. The molecule has 3 aromatic carbocycles. The van der Waals surface area contributed by atoms with Crippen molar-refractivity contribution in [3.8, 4) is 0 Å². The second-order valence-electron chi connectivity index (χ2n) is 7.85. The third-order valence-corrected chi connectivity index (χ3v) is 6.19. The van der Waals surface area contributed by atoms with Crippen molar-refractivity contribution in [1.82, 2.24) is 0 Å². The van der Waals surface area contributed by atoms with Crippen molar-refractivity contribution in [2.24, 2.45) is 0 Å². The molecule has 0 spiro atoms. The first-order valence-electron chi connectivity index (χ1n) is 10.4. The lowest BCUT2D eigenvalue weighted by atomic mass is 9.26. The number of hydrogen-bond acceptors (Lipinski definition) is 0. The average molecular weight is 586 g/mol. The summed E-state index contributed by atoms with van der Waals surface area (Å²) < 4.78 is 220. The Bertz CT molecular complexity index is 1250. The Morgan fingerprint density at radius 3 is 0.641 bits per heavy atom. The Kier molecular flexibility index (Phi) is 7.98. The Labute approximate surface area is 208 Å². The molecule has 3 rings (SSSR count). The van der Waals surface area contributed by atoms with Crippen molar-refractivity contribution in [2.45, 2.75) is 13.8 Å². The molecule has 0 fully saturated rings. The van der Waals surface area contributed by atoms with Gasteiger partial charge in [-0.3, -0.25) is 0 Å². The van der Waals surface area contributed by atoms with E-state index in [1.165, 1.54) is 4.28 Å². The van der Waals surface area contributed by atoms with E-state index < -0.39 is 123 Å². The summed E-state index contributed by atoms with van der Waals surface area (Å²) in [6.07, 6.45) is -5.73. The predicted octanol–water partition coefficient (Wildman–Crippen LogP) is 5.33. The second kappa shape index (κ2) is 10.3. The summed E-state index contributed by atoms with van der Waals surface area (Å²) in [4.78, 5) is 0. The maximum atomic E-state index is 15.2. The molecule has 39 heavy (non-hydrogen) atoms. The van der Waals surface area contributed by atoms with Crippen LogP contribution in [0.2, 0.25) is 0 Å². The number of rotatable bonds is 6. The highest BCUT2D eigenvalue weighted by atomic mass is 19.2. The normalized spacial score (nSPS) is 12.2. The van der Waals surface area contributed by atoms with Gasteiger partial charge in [0.2, 0.25) is 0 Å². The molecule has 1 nitrogen and oxygen atoms in total. The zero-order chi connectivity index (χ0) is 29.9. The van der Waals surface area contributed by atoms with E-state index in [2.05, 4.69) is 0 Å². The van der Waals surface area contributed by atoms with Gasteiger partial charge in [-0.05, 0) is 30.2 Å². The van der Waals surface area contributed by atoms with Gasteiger partial charge in [0.15, 0.2) is 52.4 Å².